The molecule has 6 nitrogen and oxygen atoms in total. The third kappa shape index (κ3) is 5.36. The Labute approximate surface area is 162 Å². The number of carbonyl (C=O) groups is 1. The smallest absolute Gasteiger partial charge is 0.247 e. The molecule has 27 heavy (non-hydrogen) atoms. The Morgan fingerprint density at radius 3 is 2.37 bits per heavy atom. The lowest BCUT2D eigenvalue weighted by Gasteiger charge is -2.39. The highest BCUT2D eigenvalue weighted by Gasteiger charge is 2.34. The second-order valence-corrected chi connectivity index (χ2v) is 8.13. The van der Waals surface area contributed by atoms with Crippen LogP contribution in [0.25, 0.3) is 0 Å². The first-order valence-electron chi connectivity index (χ1n) is 9.99. The van der Waals surface area contributed by atoms with Gasteiger partial charge in [0.15, 0.2) is 0 Å². The number of piperidine rings is 1. The average molecular weight is 376 g/mol. The lowest BCUT2D eigenvalue weighted by atomic mass is 9.93. The summed E-state index contributed by atoms with van der Waals surface area (Å²) in [4.78, 5) is 17.6. The second-order valence-electron chi connectivity index (χ2n) is 8.13. The Hall–Kier alpha value is -1.79. The molecule has 0 unspecified atom stereocenters. The molecule has 2 fully saturated rings. The normalized spacial score (nSPS) is 19.7. The molecule has 0 spiro atoms. The molecular formula is C21H33N3O3. The number of nitrogens with one attached hydrogen (secondary N) is 1. The number of rotatable bonds is 6. The molecule has 0 radical (unpaired) electrons. The largest absolute Gasteiger partial charge is 0.497 e. The third-order valence-corrected chi connectivity index (χ3v) is 5.60. The minimum atomic E-state index is -0.633. The summed E-state index contributed by atoms with van der Waals surface area (Å²) in [6.07, 6.45) is 2.17. The van der Waals surface area contributed by atoms with Gasteiger partial charge in [0.2, 0.25) is 5.91 Å². The van der Waals surface area contributed by atoms with Crippen LogP contribution in [0.15, 0.2) is 24.3 Å². The number of hydrogen-bond donors (Lipinski definition) is 1. The van der Waals surface area contributed by atoms with Crippen LogP contribution in [-0.4, -0.2) is 74.3 Å². The molecular weight excluding hydrogens is 342 g/mol. The summed E-state index contributed by atoms with van der Waals surface area (Å²) in [5, 5.41) is 3.37. The van der Waals surface area contributed by atoms with Crippen LogP contribution in [0.5, 0.6) is 5.75 Å². The van der Waals surface area contributed by atoms with E-state index in [2.05, 4.69) is 10.2 Å². The number of ether oxygens (including phenoxy) is 2. The molecule has 0 atom stereocenters. The Kier molecular flexibility index (Phi) is 6.60. The second kappa shape index (κ2) is 8.93. The number of amides is 1. The first-order valence-corrected chi connectivity index (χ1v) is 9.99. The molecule has 2 saturated heterocycles. The summed E-state index contributed by atoms with van der Waals surface area (Å²) in [7, 11) is 1.65. The van der Waals surface area contributed by atoms with Crippen molar-refractivity contribution in [1.29, 1.82) is 0 Å². The molecule has 1 aromatic rings. The van der Waals surface area contributed by atoms with Gasteiger partial charge in [0.25, 0.3) is 0 Å². The molecule has 1 amide bonds. The van der Waals surface area contributed by atoms with E-state index in [1.807, 2.05) is 43.0 Å². The van der Waals surface area contributed by atoms with Gasteiger partial charge >= 0.3 is 0 Å². The van der Waals surface area contributed by atoms with Gasteiger partial charge in [0.1, 0.15) is 11.3 Å². The molecule has 2 aliphatic rings. The number of methoxy groups -OCH3 is 1. The molecule has 2 aliphatic heterocycles. The SMILES string of the molecule is COc1ccc(NC(C)(C)C(=O)N2CCC(CN3CCOCC3)CC2)cc1. The number of benzene rings is 1. The molecule has 0 aromatic heterocycles. The van der Waals surface area contributed by atoms with Gasteiger partial charge in [-0.2, -0.15) is 0 Å². The minimum absolute atomic E-state index is 0.170. The van der Waals surface area contributed by atoms with Gasteiger partial charge in [-0.15, -0.1) is 0 Å². The van der Waals surface area contributed by atoms with Crippen molar-refractivity contribution >= 4 is 11.6 Å². The fourth-order valence-electron chi connectivity index (χ4n) is 3.95. The molecule has 6 heteroatoms. The zero-order valence-corrected chi connectivity index (χ0v) is 16.9. The Morgan fingerprint density at radius 1 is 1.15 bits per heavy atom. The number of nitrogens with zero attached hydrogens (tertiary/aromatic N) is 2. The number of likely N-dealkylation sites (tertiary alicyclic amines) is 1. The van der Waals surface area contributed by atoms with Gasteiger partial charge < -0.3 is 19.7 Å². The third-order valence-electron chi connectivity index (χ3n) is 5.60. The van der Waals surface area contributed by atoms with Gasteiger partial charge in [-0.3, -0.25) is 9.69 Å². The van der Waals surface area contributed by atoms with Crippen LogP contribution in [-0.2, 0) is 9.53 Å². The highest BCUT2D eigenvalue weighted by molar-refractivity contribution is 5.88. The van der Waals surface area contributed by atoms with Crippen LogP contribution >= 0.6 is 0 Å². The topological polar surface area (TPSA) is 54.0 Å². The van der Waals surface area contributed by atoms with Crippen molar-refractivity contribution in [3.8, 4) is 5.75 Å². The lowest BCUT2D eigenvalue weighted by molar-refractivity contribution is -0.136. The monoisotopic (exact) mass is 375 g/mol. The molecule has 1 aromatic carbocycles. The van der Waals surface area contributed by atoms with Crippen molar-refractivity contribution in [1.82, 2.24) is 9.80 Å². The molecule has 1 N–H and O–H groups in total. The fraction of sp³-hybridized carbons (Fsp3) is 0.667. The van der Waals surface area contributed by atoms with E-state index >= 15 is 0 Å². The van der Waals surface area contributed by atoms with E-state index in [-0.39, 0.29) is 5.91 Å². The Balaban J connectivity index is 1.49. The fourth-order valence-corrected chi connectivity index (χ4v) is 3.95. The van der Waals surface area contributed by atoms with Crippen LogP contribution < -0.4 is 10.1 Å². The zero-order chi connectivity index (χ0) is 19.3. The van der Waals surface area contributed by atoms with Gasteiger partial charge in [-0.25, -0.2) is 0 Å². The number of hydrogen-bond acceptors (Lipinski definition) is 5. The Morgan fingerprint density at radius 2 is 1.78 bits per heavy atom. The highest BCUT2D eigenvalue weighted by Crippen LogP contribution is 2.24. The maximum atomic E-state index is 13.1. The van der Waals surface area contributed by atoms with E-state index in [1.165, 1.54) is 0 Å². The van der Waals surface area contributed by atoms with E-state index in [1.54, 1.807) is 7.11 Å². The van der Waals surface area contributed by atoms with Crippen LogP contribution in [0.1, 0.15) is 26.7 Å². The molecule has 0 bridgehead atoms. The van der Waals surface area contributed by atoms with E-state index in [4.69, 9.17) is 9.47 Å². The predicted molar refractivity (Wildman–Crippen MR) is 107 cm³/mol. The zero-order valence-electron chi connectivity index (χ0n) is 16.9. The van der Waals surface area contributed by atoms with Crippen LogP contribution in [0.3, 0.4) is 0 Å². The molecule has 2 heterocycles. The maximum absolute atomic E-state index is 13.1. The van der Waals surface area contributed by atoms with E-state index in [9.17, 15) is 4.79 Å². The van der Waals surface area contributed by atoms with Crippen LogP contribution in [0.4, 0.5) is 5.69 Å². The number of morpholine rings is 1. The van der Waals surface area contributed by atoms with Gasteiger partial charge in [0.05, 0.1) is 20.3 Å². The van der Waals surface area contributed by atoms with E-state index < -0.39 is 5.54 Å². The number of anilines is 1. The molecule has 150 valence electrons. The van der Waals surface area contributed by atoms with Gasteiger partial charge in [-0.1, -0.05) is 0 Å². The van der Waals surface area contributed by atoms with Crippen molar-refractivity contribution in [2.45, 2.75) is 32.2 Å². The Bertz CT molecular complexity index is 604. The van der Waals surface area contributed by atoms with Crippen molar-refractivity contribution in [3.05, 3.63) is 24.3 Å². The highest BCUT2D eigenvalue weighted by atomic mass is 16.5. The van der Waals surface area contributed by atoms with Gasteiger partial charge in [0, 0.05) is 38.4 Å². The summed E-state index contributed by atoms with van der Waals surface area (Å²) < 4.78 is 10.6. The van der Waals surface area contributed by atoms with Gasteiger partial charge in [-0.05, 0) is 56.9 Å². The van der Waals surface area contributed by atoms with Crippen molar-refractivity contribution in [2.75, 3.05) is 58.4 Å². The average Bonchev–Trinajstić information content (AvgIpc) is 2.69. The van der Waals surface area contributed by atoms with Crippen molar-refractivity contribution < 1.29 is 14.3 Å². The van der Waals surface area contributed by atoms with Crippen LogP contribution in [0.2, 0.25) is 0 Å². The first-order chi connectivity index (χ1) is 13.0. The maximum Gasteiger partial charge on any atom is 0.247 e. The predicted octanol–water partition coefficient (Wildman–Crippen LogP) is 2.46. The first kappa shape index (κ1) is 20.0. The minimum Gasteiger partial charge on any atom is -0.497 e. The standard InChI is InChI=1S/C21H33N3O3/c1-21(2,22-18-4-6-19(26-3)7-5-18)20(25)24-10-8-17(9-11-24)16-23-12-14-27-15-13-23/h4-7,17,22H,8-16H2,1-3H3. The van der Waals surface area contributed by atoms with E-state index in [0.717, 1.165) is 70.2 Å². The summed E-state index contributed by atoms with van der Waals surface area (Å²) in [5.74, 6) is 1.67. The summed E-state index contributed by atoms with van der Waals surface area (Å²) >= 11 is 0. The van der Waals surface area contributed by atoms with Crippen LogP contribution in [0, 0.1) is 5.92 Å². The summed E-state index contributed by atoms with van der Waals surface area (Å²) in [6, 6.07) is 7.70. The quantitative estimate of drug-likeness (QED) is 0.828. The number of carbonyl (C=O) groups excluding carboxylic acids is 1. The molecule has 3 rings (SSSR count). The molecule has 0 saturated carbocycles. The van der Waals surface area contributed by atoms with Crippen molar-refractivity contribution in [3.63, 3.8) is 0 Å². The summed E-state index contributed by atoms with van der Waals surface area (Å²) in [5.41, 5.74) is 0.294. The van der Waals surface area contributed by atoms with Crippen molar-refractivity contribution in [2.24, 2.45) is 5.92 Å². The summed E-state index contributed by atoms with van der Waals surface area (Å²) in [6.45, 7) is 10.5. The lowest BCUT2D eigenvalue weighted by Crippen LogP contribution is -2.53. The van der Waals surface area contributed by atoms with E-state index in [0.29, 0.717) is 5.92 Å². The molecule has 0 aliphatic carbocycles.